The second-order valence-electron chi connectivity index (χ2n) is 10.7. The second kappa shape index (κ2) is 16.4. The molecule has 0 aliphatic rings. The van der Waals surface area contributed by atoms with Gasteiger partial charge in [0.05, 0.1) is 17.7 Å². The fourth-order valence-corrected chi connectivity index (χ4v) is 4.31. The summed E-state index contributed by atoms with van der Waals surface area (Å²) in [6.45, 7) is -1.28. The zero-order valence-electron chi connectivity index (χ0n) is 26.4. The summed E-state index contributed by atoms with van der Waals surface area (Å²) >= 11 is 0. The van der Waals surface area contributed by atoms with Crippen molar-refractivity contribution in [3.8, 4) is 11.5 Å². The number of alkyl halides is 17. The summed E-state index contributed by atoms with van der Waals surface area (Å²) in [6.07, 6.45) is -37.2. The molecule has 2 atom stereocenters. The zero-order valence-corrected chi connectivity index (χ0v) is 27.4. The summed E-state index contributed by atoms with van der Waals surface area (Å²) in [6, 6.07) is 8.68. The van der Waals surface area contributed by atoms with E-state index in [1.54, 1.807) is 6.55 Å². The van der Waals surface area contributed by atoms with Crippen LogP contribution < -0.4 is 9.47 Å². The van der Waals surface area contributed by atoms with Gasteiger partial charge in [-0.25, -0.2) is 9.59 Å². The Labute approximate surface area is 292 Å². The van der Waals surface area contributed by atoms with Gasteiger partial charge in [0.2, 0.25) is 9.04 Å². The fraction of sp³-hybridized carbons (Fsp3) is 0.500. The number of carbonyl (C=O) groups is 2. The monoisotopic (exact) mass is 837 g/mol. The third-order valence-electron chi connectivity index (χ3n) is 6.42. The number of hydrogen-bond acceptors (Lipinski definition) is 8. The second-order valence-corrected chi connectivity index (χ2v) is 12.7. The van der Waals surface area contributed by atoms with Crippen molar-refractivity contribution in [2.45, 2.75) is 73.8 Å². The lowest BCUT2D eigenvalue weighted by molar-refractivity contribution is -0.552. The van der Waals surface area contributed by atoms with Crippen molar-refractivity contribution in [1.82, 2.24) is 0 Å². The minimum absolute atomic E-state index is 0.0569. The first kappa shape index (κ1) is 46.2. The molecule has 2 aromatic carbocycles. The Balaban J connectivity index is 2.18. The Kier molecular flexibility index (Phi) is 14.1. The van der Waals surface area contributed by atoms with Gasteiger partial charge in [0.15, 0.2) is 6.61 Å². The summed E-state index contributed by atoms with van der Waals surface area (Å²) in [5, 5.41) is 0. The molecular weight excluding hydrogens is 815 g/mol. The molecule has 0 saturated carbocycles. The number of ether oxygens (including phenoxy) is 5. The SMILES string of the molecule is C[Si](O)CCCCOc1ccc(C(=O)Oc2ccc(C(=O)OCC(F)(OC(F)(F)C(F)(OC(F)(F)C(F)(F)C(F)(F)F)C(F)(F)F)C(F)(F)F)cc2)cc1. The molecule has 0 bridgehead atoms. The minimum Gasteiger partial charge on any atom is -0.494 e. The largest absolute Gasteiger partial charge is 0.494 e. The zero-order chi connectivity index (χ0) is 41.8. The van der Waals surface area contributed by atoms with Crippen molar-refractivity contribution in [3.63, 3.8) is 0 Å². The quantitative estimate of drug-likeness (QED) is 0.0556. The molecular formula is C28H22F17O8Si. The van der Waals surface area contributed by atoms with E-state index in [4.69, 9.17) is 9.47 Å². The van der Waals surface area contributed by atoms with E-state index in [0.717, 1.165) is 18.6 Å². The van der Waals surface area contributed by atoms with Crippen molar-refractivity contribution in [2.75, 3.05) is 13.2 Å². The molecule has 8 nitrogen and oxygen atoms in total. The molecule has 26 heteroatoms. The first-order chi connectivity index (χ1) is 24.3. The predicted octanol–water partition coefficient (Wildman–Crippen LogP) is 8.71. The highest BCUT2D eigenvalue weighted by Crippen LogP contribution is 2.56. The van der Waals surface area contributed by atoms with Crippen LogP contribution in [-0.2, 0) is 14.2 Å². The number of halogens is 17. The number of benzene rings is 2. The molecule has 2 rings (SSSR count). The summed E-state index contributed by atoms with van der Waals surface area (Å²) in [4.78, 5) is 33.9. The van der Waals surface area contributed by atoms with E-state index >= 15 is 0 Å². The van der Waals surface area contributed by atoms with Gasteiger partial charge >= 0.3 is 60.3 Å². The fourth-order valence-electron chi connectivity index (χ4n) is 3.55. The summed E-state index contributed by atoms with van der Waals surface area (Å²) in [7, 11) is -1.37. The molecule has 0 amide bonds. The van der Waals surface area contributed by atoms with Gasteiger partial charge < -0.3 is 19.0 Å². The Hall–Kier alpha value is -3.91. The van der Waals surface area contributed by atoms with E-state index in [1.807, 2.05) is 0 Å². The average Bonchev–Trinajstić information content (AvgIpc) is 3.01. The lowest BCUT2D eigenvalue weighted by Gasteiger charge is -2.40. The number of unbranched alkanes of at least 4 members (excludes halogenated alkanes) is 1. The smallest absolute Gasteiger partial charge is 0.462 e. The van der Waals surface area contributed by atoms with Gasteiger partial charge in [0.1, 0.15) is 11.5 Å². The van der Waals surface area contributed by atoms with Crippen LogP contribution >= 0.6 is 0 Å². The maximum atomic E-state index is 14.7. The summed E-state index contributed by atoms with van der Waals surface area (Å²) in [5.41, 5.74) is -0.992. The van der Waals surface area contributed by atoms with Crippen LogP contribution in [0, 0.1) is 0 Å². The van der Waals surface area contributed by atoms with Crippen LogP contribution in [0.25, 0.3) is 0 Å². The van der Waals surface area contributed by atoms with Crippen LogP contribution in [-0.4, -0.2) is 87.4 Å². The van der Waals surface area contributed by atoms with Gasteiger partial charge in [-0.1, -0.05) is 6.42 Å². The summed E-state index contributed by atoms with van der Waals surface area (Å²) in [5.74, 6) is -25.7. The maximum absolute atomic E-state index is 14.7. The molecule has 1 radical (unpaired) electrons. The molecule has 0 aromatic heterocycles. The van der Waals surface area contributed by atoms with Crippen LogP contribution in [0.1, 0.15) is 33.6 Å². The lowest BCUT2D eigenvalue weighted by atomic mass is 10.2. The van der Waals surface area contributed by atoms with Crippen molar-refractivity contribution < 1.29 is 113 Å². The van der Waals surface area contributed by atoms with Crippen LogP contribution in [0.5, 0.6) is 11.5 Å². The molecule has 1 N–H and O–H groups in total. The molecule has 0 saturated heterocycles. The Morgan fingerprint density at radius 3 is 1.54 bits per heavy atom. The average molecular weight is 838 g/mol. The standard InChI is InChI=1S/C28H22F17O8Si/c1-54(48)13-3-2-12-49-17-8-4-16(5-9-17)20(47)51-18-10-6-15(7-11-18)19(46)50-14-21(29,24(33,34)35)52-28(44,45)23(32,26(39,40)41)53-27(42,43)22(30,31)25(36,37)38/h4-11,48H,2-3,12-14H2,1H3. The number of carbonyl (C=O) groups excluding carboxylic acids is 2. The van der Waals surface area contributed by atoms with E-state index in [2.05, 4.69) is 9.47 Å². The van der Waals surface area contributed by atoms with Crippen molar-refractivity contribution in [1.29, 1.82) is 0 Å². The molecule has 0 fully saturated rings. The molecule has 2 aromatic rings. The van der Waals surface area contributed by atoms with Gasteiger partial charge in [-0.05, 0) is 67.5 Å². The van der Waals surface area contributed by atoms with Crippen molar-refractivity contribution in [2.24, 2.45) is 0 Å². The lowest BCUT2D eigenvalue weighted by Crippen LogP contribution is -2.67. The highest BCUT2D eigenvalue weighted by Gasteiger charge is 2.85. The van der Waals surface area contributed by atoms with E-state index in [0.29, 0.717) is 37.0 Å². The molecule has 0 heterocycles. The third kappa shape index (κ3) is 10.9. The maximum Gasteiger partial charge on any atom is 0.462 e. The van der Waals surface area contributed by atoms with Gasteiger partial charge in [0.25, 0.3) is 0 Å². The van der Waals surface area contributed by atoms with E-state index in [-0.39, 0.29) is 11.3 Å². The first-order valence-electron chi connectivity index (χ1n) is 14.2. The van der Waals surface area contributed by atoms with Gasteiger partial charge in [-0.2, -0.15) is 74.6 Å². The van der Waals surface area contributed by atoms with Gasteiger partial charge in [-0.15, -0.1) is 0 Å². The van der Waals surface area contributed by atoms with Crippen molar-refractivity contribution >= 4 is 21.0 Å². The highest BCUT2D eigenvalue weighted by atomic mass is 28.3. The molecule has 0 aliphatic heterocycles. The number of rotatable bonds is 17. The molecule has 305 valence electrons. The Morgan fingerprint density at radius 1 is 0.611 bits per heavy atom. The first-order valence-corrected chi connectivity index (χ1v) is 16.3. The van der Waals surface area contributed by atoms with Crippen molar-refractivity contribution in [3.05, 3.63) is 59.7 Å². The van der Waals surface area contributed by atoms with Crippen LogP contribution in [0.3, 0.4) is 0 Å². The van der Waals surface area contributed by atoms with E-state index in [9.17, 15) is 89.0 Å². The molecule has 0 spiro atoms. The number of hydrogen-bond donors (Lipinski definition) is 1. The van der Waals surface area contributed by atoms with Crippen LogP contribution in [0.4, 0.5) is 74.6 Å². The van der Waals surface area contributed by atoms with E-state index in [1.165, 1.54) is 29.0 Å². The van der Waals surface area contributed by atoms with Gasteiger partial charge in [0, 0.05) is 0 Å². The Bertz CT molecular complexity index is 1560. The van der Waals surface area contributed by atoms with Crippen LogP contribution in [0.15, 0.2) is 48.5 Å². The van der Waals surface area contributed by atoms with E-state index < -0.39 is 81.5 Å². The van der Waals surface area contributed by atoms with Crippen LogP contribution in [0.2, 0.25) is 12.6 Å². The number of esters is 2. The molecule has 54 heavy (non-hydrogen) atoms. The van der Waals surface area contributed by atoms with Gasteiger partial charge in [-0.3, -0.25) is 9.47 Å². The summed E-state index contributed by atoms with van der Waals surface area (Å²) < 4.78 is 244. The topological polar surface area (TPSA) is 101 Å². The Morgan fingerprint density at radius 2 is 1.09 bits per heavy atom. The third-order valence-corrected chi connectivity index (χ3v) is 7.50. The minimum atomic E-state index is -8.07. The predicted molar refractivity (Wildman–Crippen MR) is 144 cm³/mol. The molecule has 0 aliphatic carbocycles. The highest BCUT2D eigenvalue weighted by molar-refractivity contribution is 6.48. The molecule has 2 unspecified atom stereocenters. The normalized spacial score (nSPS) is 15.7.